The van der Waals surface area contributed by atoms with Gasteiger partial charge in [0, 0.05) is 5.02 Å². The van der Waals surface area contributed by atoms with Crippen LogP contribution in [-0.4, -0.2) is 37.1 Å². The van der Waals surface area contributed by atoms with Crippen molar-refractivity contribution in [3.05, 3.63) is 58.6 Å². The first-order chi connectivity index (χ1) is 13.5. The third-order valence-electron chi connectivity index (χ3n) is 5.34. The van der Waals surface area contributed by atoms with Crippen molar-refractivity contribution in [3.63, 3.8) is 0 Å². The highest BCUT2D eigenvalue weighted by atomic mass is 35.5. The Hall–Kier alpha value is -2.73. The third-order valence-corrected chi connectivity index (χ3v) is 5.60. The summed E-state index contributed by atoms with van der Waals surface area (Å²) in [5, 5.41) is 3.56. The van der Waals surface area contributed by atoms with Crippen molar-refractivity contribution in [3.8, 4) is 11.5 Å². The molecule has 1 aliphatic carbocycles. The summed E-state index contributed by atoms with van der Waals surface area (Å²) in [5.41, 5.74) is 0.912. The number of methoxy groups -OCH3 is 1. The maximum absolute atomic E-state index is 13.2. The van der Waals surface area contributed by atoms with E-state index in [0.717, 1.165) is 29.7 Å². The average molecular weight is 401 g/mol. The molecule has 1 N–H and O–H groups in total. The van der Waals surface area contributed by atoms with E-state index in [-0.39, 0.29) is 25.1 Å². The van der Waals surface area contributed by atoms with E-state index in [0.29, 0.717) is 17.2 Å². The van der Waals surface area contributed by atoms with Crippen LogP contribution in [-0.2, 0) is 16.8 Å². The Bertz CT molecular complexity index is 915. The molecule has 7 heteroatoms. The predicted octanol–water partition coefficient (Wildman–Crippen LogP) is 3.51. The lowest BCUT2D eigenvalue weighted by molar-refractivity contribution is -0.132. The Kier molecular flexibility index (Phi) is 4.89. The molecule has 1 fully saturated rings. The fraction of sp³-hybridized carbons (Fsp3) is 0.333. The summed E-state index contributed by atoms with van der Waals surface area (Å²) >= 11 is 5.86. The quantitative estimate of drug-likeness (QED) is 0.780. The molecule has 0 aromatic heterocycles. The van der Waals surface area contributed by atoms with Crippen LogP contribution in [0.3, 0.4) is 0 Å². The fourth-order valence-corrected chi connectivity index (χ4v) is 4.09. The second kappa shape index (κ2) is 7.36. The van der Waals surface area contributed by atoms with Crippen LogP contribution >= 0.6 is 11.6 Å². The molecule has 1 saturated heterocycles. The van der Waals surface area contributed by atoms with Crippen LogP contribution in [0.5, 0.6) is 11.5 Å². The highest BCUT2D eigenvalue weighted by Gasteiger charge is 2.53. The number of halogens is 1. The van der Waals surface area contributed by atoms with Gasteiger partial charge in [-0.05, 0) is 66.8 Å². The van der Waals surface area contributed by atoms with Crippen molar-refractivity contribution in [2.45, 2.75) is 24.8 Å². The smallest absolute Gasteiger partial charge is 0.325 e. The minimum Gasteiger partial charge on any atom is -0.497 e. The van der Waals surface area contributed by atoms with Crippen LogP contribution in [0.1, 0.15) is 24.0 Å². The highest BCUT2D eigenvalue weighted by Crippen LogP contribution is 2.41. The van der Waals surface area contributed by atoms with Gasteiger partial charge in [0.1, 0.15) is 23.6 Å². The van der Waals surface area contributed by atoms with Crippen molar-refractivity contribution in [2.24, 2.45) is 0 Å². The summed E-state index contributed by atoms with van der Waals surface area (Å²) in [6.45, 7) is 0.396. The number of ether oxygens (including phenoxy) is 2. The van der Waals surface area contributed by atoms with E-state index in [1.54, 1.807) is 31.4 Å². The molecule has 6 nitrogen and oxygen atoms in total. The molecule has 0 radical (unpaired) electrons. The molecule has 28 heavy (non-hydrogen) atoms. The second-order valence-electron chi connectivity index (χ2n) is 6.97. The first-order valence-electron chi connectivity index (χ1n) is 9.23. The lowest BCUT2D eigenvalue weighted by Gasteiger charge is -2.33. The standard InChI is InChI=1S/C21H21ClN2O4/c1-27-17-8-9-18-14(13-17)3-2-10-21(18)19(25)24(20(26)23-21)11-12-28-16-6-4-15(22)5-7-16/h4-9,13H,2-3,10-12H2,1H3,(H,23,26)/t21-/m0/s1. The first-order valence-corrected chi connectivity index (χ1v) is 9.61. The van der Waals surface area contributed by atoms with Gasteiger partial charge in [-0.2, -0.15) is 0 Å². The summed E-state index contributed by atoms with van der Waals surface area (Å²) in [5.74, 6) is 1.17. The monoisotopic (exact) mass is 400 g/mol. The summed E-state index contributed by atoms with van der Waals surface area (Å²) in [7, 11) is 1.62. The molecular formula is C21H21ClN2O4. The van der Waals surface area contributed by atoms with Crippen LogP contribution in [0.2, 0.25) is 5.02 Å². The van der Waals surface area contributed by atoms with Crippen LogP contribution in [0.15, 0.2) is 42.5 Å². The van der Waals surface area contributed by atoms with Crippen LogP contribution in [0, 0.1) is 0 Å². The van der Waals surface area contributed by atoms with E-state index < -0.39 is 5.54 Å². The number of rotatable bonds is 5. The van der Waals surface area contributed by atoms with Crippen molar-refractivity contribution >= 4 is 23.5 Å². The first kappa shape index (κ1) is 18.6. The van der Waals surface area contributed by atoms with Gasteiger partial charge in [0.25, 0.3) is 5.91 Å². The number of imide groups is 1. The molecule has 0 unspecified atom stereocenters. The minimum atomic E-state index is -0.989. The van der Waals surface area contributed by atoms with Gasteiger partial charge in [-0.3, -0.25) is 9.69 Å². The summed E-state index contributed by atoms with van der Waals surface area (Å²) in [6, 6.07) is 12.2. The molecule has 2 aromatic carbocycles. The number of fused-ring (bicyclic) bond motifs is 2. The molecule has 2 aromatic rings. The zero-order valence-corrected chi connectivity index (χ0v) is 16.3. The number of nitrogens with zero attached hydrogens (tertiary/aromatic N) is 1. The Balaban J connectivity index is 1.50. The molecule has 1 heterocycles. The molecular weight excluding hydrogens is 380 g/mol. The number of carbonyl (C=O) groups is 2. The van der Waals surface area contributed by atoms with Crippen LogP contribution in [0.25, 0.3) is 0 Å². The van der Waals surface area contributed by atoms with Crippen LogP contribution in [0.4, 0.5) is 4.79 Å². The molecule has 1 spiro atoms. The Morgan fingerprint density at radius 2 is 1.89 bits per heavy atom. The van der Waals surface area contributed by atoms with Crippen LogP contribution < -0.4 is 14.8 Å². The van der Waals surface area contributed by atoms with Gasteiger partial charge in [0.15, 0.2) is 0 Å². The minimum absolute atomic E-state index is 0.181. The largest absolute Gasteiger partial charge is 0.497 e. The molecule has 4 rings (SSSR count). The number of hydrogen-bond donors (Lipinski definition) is 1. The van der Waals surface area contributed by atoms with E-state index in [1.165, 1.54) is 4.90 Å². The number of benzene rings is 2. The van der Waals surface area contributed by atoms with Gasteiger partial charge in [0.05, 0.1) is 13.7 Å². The third kappa shape index (κ3) is 3.18. The van der Waals surface area contributed by atoms with Crippen molar-refractivity contribution in [2.75, 3.05) is 20.3 Å². The van der Waals surface area contributed by atoms with E-state index in [1.807, 2.05) is 18.2 Å². The summed E-state index contributed by atoms with van der Waals surface area (Å²) in [4.78, 5) is 27.1. The van der Waals surface area contributed by atoms with Gasteiger partial charge in [0.2, 0.25) is 0 Å². The van der Waals surface area contributed by atoms with Gasteiger partial charge in [-0.1, -0.05) is 17.7 Å². The summed E-state index contributed by atoms with van der Waals surface area (Å²) < 4.78 is 10.9. The maximum atomic E-state index is 13.2. The molecule has 2 aliphatic rings. The predicted molar refractivity (Wildman–Crippen MR) is 105 cm³/mol. The second-order valence-corrected chi connectivity index (χ2v) is 7.41. The summed E-state index contributed by atoms with van der Waals surface area (Å²) in [6.07, 6.45) is 2.27. The van der Waals surface area contributed by atoms with Gasteiger partial charge in [-0.25, -0.2) is 4.79 Å². The normalized spacial score (nSPS) is 20.9. The molecule has 1 aliphatic heterocycles. The number of carbonyl (C=O) groups excluding carboxylic acids is 2. The number of aryl methyl sites for hydroxylation is 1. The zero-order chi connectivity index (χ0) is 19.7. The number of urea groups is 1. The average Bonchev–Trinajstić information content (AvgIpc) is 2.94. The zero-order valence-electron chi connectivity index (χ0n) is 15.5. The molecule has 1 atom stereocenters. The number of amides is 3. The SMILES string of the molecule is COc1ccc2c(c1)CCC[C@]21NC(=O)N(CCOc2ccc(Cl)cc2)C1=O. The number of hydrogen-bond acceptors (Lipinski definition) is 4. The van der Waals surface area contributed by atoms with Gasteiger partial charge in [-0.15, -0.1) is 0 Å². The van der Waals surface area contributed by atoms with Crippen molar-refractivity contribution < 1.29 is 19.1 Å². The Labute approximate surface area is 168 Å². The van der Waals surface area contributed by atoms with Crippen molar-refractivity contribution in [1.82, 2.24) is 10.2 Å². The van der Waals surface area contributed by atoms with E-state index in [2.05, 4.69) is 5.32 Å². The Morgan fingerprint density at radius 3 is 2.64 bits per heavy atom. The fourth-order valence-electron chi connectivity index (χ4n) is 3.97. The van der Waals surface area contributed by atoms with E-state index in [9.17, 15) is 9.59 Å². The van der Waals surface area contributed by atoms with Crippen molar-refractivity contribution in [1.29, 1.82) is 0 Å². The molecule has 0 bridgehead atoms. The lowest BCUT2D eigenvalue weighted by atomic mass is 9.76. The van der Waals surface area contributed by atoms with Gasteiger partial charge < -0.3 is 14.8 Å². The van der Waals surface area contributed by atoms with Gasteiger partial charge >= 0.3 is 6.03 Å². The lowest BCUT2D eigenvalue weighted by Crippen LogP contribution is -2.46. The number of nitrogens with one attached hydrogen (secondary N) is 1. The topological polar surface area (TPSA) is 67.9 Å². The van der Waals surface area contributed by atoms with E-state index >= 15 is 0 Å². The molecule has 3 amide bonds. The highest BCUT2D eigenvalue weighted by molar-refractivity contribution is 6.30. The Morgan fingerprint density at radius 1 is 1.14 bits per heavy atom. The van der Waals surface area contributed by atoms with E-state index in [4.69, 9.17) is 21.1 Å². The maximum Gasteiger partial charge on any atom is 0.325 e. The molecule has 0 saturated carbocycles. The molecule has 146 valence electrons.